The van der Waals surface area contributed by atoms with Crippen LogP contribution >= 0.6 is 0 Å². The molecule has 14 heavy (non-hydrogen) atoms. The van der Waals surface area contributed by atoms with E-state index in [4.69, 9.17) is 10.3 Å². The molecule has 1 aromatic rings. The molecular weight excluding hydrogens is 180 g/mol. The van der Waals surface area contributed by atoms with E-state index in [-0.39, 0.29) is 5.41 Å². The summed E-state index contributed by atoms with van der Waals surface area (Å²) in [5.41, 5.74) is 5.70. The number of aromatic nitrogens is 2. The van der Waals surface area contributed by atoms with Gasteiger partial charge in [0.15, 0.2) is 5.82 Å². The van der Waals surface area contributed by atoms with Crippen molar-refractivity contribution in [3.8, 4) is 0 Å². The maximum atomic E-state index is 5.64. The highest BCUT2D eigenvalue weighted by atomic mass is 16.5. The molecule has 0 fully saturated rings. The summed E-state index contributed by atoms with van der Waals surface area (Å²) in [6, 6.07) is 0.545. The van der Waals surface area contributed by atoms with Crippen molar-refractivity contribution in [2.45, 2.75) is 20.8 Å². The molecule has 0 amide bonds. The Kier molecular flexibility index (Phi) is 3.10. The first-order chi connectivity index (χ1) is 6.44. The topological polar surface area (TPSA) is 68.2 Å². The second-order valence-corrected chi connectivity index (χ2v) is 4.35. The number of hydrogen-bond donors (Lipinski definition) is 1. The number of anilines is 1. The minimum Gasteiger partial charge on any atom is -0.330 e. The Hall–Kier alpha value is -1.10. The summed E-state index contributed by atoms with van der Waals surface area (Å²) in [5.74, 6) is 0.650. The number of hydrogen-bond acceptors (Lipinski definition) is 5. The molecule has 1 heterocycles. The van der Waals surface area contributed by atoms with Crippen LogP contribution in [0, 0.1) is 12.3 Å². The summed E-state index contributed by atoms with van der Waals surface area (Å²) in [5, 5.41) is 3.73. The molecule has 1 rings (SSSR count). The highest BCUT2D eigenvalue weighted by Crippen LogP contribution is 2.18. The molecule has 0 aliphatic rings. The number of nitrogens with two attached hydrogens (primary N) is 1. The van der Waals surface area contributed by atoms with Crippen LogP contribution in [0.15, 0.2) is 4.52 Å². The molecule has 80 valence electrons. The fourth-order valence-corrected chi connectivity index (χ4v) is 1.22. The second-order valence-electron chi connectivity index (χ2n) is 4.35. The van der Waals surface area contributed by atoms with Crippen LogP contribution < -0.4 is 10.6 Å². The molecule has 0 saturated heterocycles. The van der Waals surface area contributed by atoms with E-state index in [9.17, 15) is 0 Å². The minimum atomic E-state index is 0.0527. The van der Waals surface area contributed by atoms with E-state index in [0.717, 1.165) is 6.54 Å². The maximum absolute atomic E-state index is 5.64. The zero-order chi connectivity index (χ0) is 10.8. The van der Waals surface area contributed by atoms with Crippen LogP contribution in [0.3, 0.4) is 0 Å². The Morgan fingerprint density at radius 2 is 2.14 bits per heavy atom. The number of rotatable bonds is 4. The van der Waals surface area contributed by atoms with Gasteiger partial charge in [-0.1, -0.05) is 19.0 Å². The Balaban J connectivity index is 2.63. The van der Waals surface area contributed by atoms with Crippen LogP contribution in [0.1, 0.15) is 19.7 Å². The van der Waals surface area contributed by atoms with Gasteiger partial charge < -0.3 is 15.2 Å². The van der Waals surface area contributed by atoms with Crippen molar-refractivity contribution in [2.24, 2.45) is 11.1 Å². The Morgan fingerprint density at radius 3 is 2.57 bits per heavy atom. The largest absolute Gasteiger partial charge is 0.330 e. The molecule has 2 N–H and O–H groups in total. The lowest BCUT2D eigenvalue weighted by Gasteiger charge is -2.27. The van der Waals surface area contributed by atoms with E-state index < -0.39 is 0 Å². The van der Waals surface area contributed by atoms with Crippen LogP contribution in [-0.4, -0.2) is 30.3 Å². The quantitative estimate of drug-likeness (QED) is 0.775. The summed E-state index contributed by atoms with van der Waals surface area (Å²) in [7, 11) is 1.92. The van der Waals surface area contributed by atoms with Gasteiger partial charge in [0.05, 0.1) is 0 Å². The van der Waals surface area contributed by atoms with Gasteiger partial charge in [-0.15, -0.1) is 0 Å². The molecule has 0 spiro atoms. The second kappa shape index (κ2) is 3.96. The van der Waals surface area contributed by atoms with E-state index >= 15 is 0 Å². The average molecular weight is 198 g/mol. The van der Waals surface area contributed by atoms with Crippen molar-refractivity contribution in [2.75, 3.05) is 25.0 Å². The van der Waals surface area contributed by atoms with Crippen molar-refractivity contribution < 1.29 is 4.52 Å². The SMILES string of the molecule is Cc1noc(N(C)CC(C)(C)CN)n1. The molecule has 0 aromatic carbocycles. The molecule has 0 unspecified atom stereocenters. The normalized spacial score (nSPS) is 11.8. The Morgan fingerprint density at radius 1 is 1.50 bits per heavy atom. The number of aryl methyl sites for hydroxylation is 1. The molecule has 0 radical (unpaired) electrons. The minimum absolute atomic E-state index is 0.0527. The van der Waals surface area contributed by atoms with E-state index in [1.807, 2.05) is 11.9 Å². The first-order valence-electron chi connectivity index (χ1n) is 4.66. The van der Waals surface area contributed by atoms with E-state index in [0.29, 0.717) is 18.4 Å². The molecule has 0 atom stereocenters. The smallest absolute Gasteiger partial charge is 0.323 e. The third-order valence-electron chi connectivity index (χ3n) is 2.06. The van der Waals surface area contributed by atoms with Crippen LogP contribution in [0.5, 0.6) is 0 Å². The predicted molar refractivity (Wildman–Crippen MR) is 55.1 cm³/mol. The van der Waals surface area contributed by atoms with Gasteiger partial charge >= 0.3 is 6.01 Å². The Bertz CT molecular complexity index is 295. The fourth-order valence-electron chi connectivity index (χ4n) is 1.22. The summed E-state index contributed by atoms with van der Waals surface area (Å²) < 4.78 is 5.04. The van der Waals surface area contributed by atoms with Crippen molar-refractivity contribution in [1.82, 2.24) is 10.1 Å². The van der Waals surface area contributed by atoms with Gasteiger partial charge in [-0.3, -0.25) is 0 Å². The predicted octanol–water partition coefficient (Wildman–Crippen LogP) is 0.799. The lowest BCUT2D eigenvalue weighted by atomic mass is 9.93. The molecule has 0 aliphatic heterocycles. The van der Waals surface area contributed by atoms with Crippen molar-refractivity contribution in [3.05, 3.63) is 5.82 Å². The van der Waals surface area contributed by atoms with Gasteiger partial charge in [-0.25, -0.2) is 0 Å². The van der Waals surface area contributed by atoms with Gasteiger partial charge in [-0.2, -0.15) is 4.98 Å². The maximum Gasteiger partial charge on any atom is 0.323 e. The molecule has 0 bridgehead atoms. The van der Waals surface area contributed by atoms with E-state index in [1.165, 1.54) is 0 Å². The summed E-state index contributed by atoms with van der Waals surface area (Å²) in [6.45, 7) is 7.43. The highest BCUT2D eigenvalue weighted by molar-refractivity contribution is 5.23. The Labute approximate surface area is 84.3 Å². The highest BCUT2D eigenvalue weighted by Gasteiger charge is 2.20. The number of nitrogens with zero attached hydrogens (tertiary/aromatic N) is 3. The molecular formula is C9H18N4O. The summed E-state index contributed by atoms with van der Waals surface area (Å²) in [4.78, 5) is 6.06. The lowest BCUT2D eigenvalue weighted by Crippen LogP contribution is -2.36. The van der Waals surface area contributed by atoms with Crippen LogP contribution in [-0.2, 0) is 0 Å². The third kappa shape index (κ3) is 2.70. The molecule has 0 saturated carbocycles. The summed E-state index contributed by atoms with van der Waals surface area (Å²) in [6.07, 6.45) is 0. The summed E-state index contributed by atoms with van der Waals surface area (Å²) >= 11 is 0. The first-order valence-corrected chi connectivity index (χ1v) is 4.66. The van der Waals surface area contributed by atoms with Crippen molar-refractivity contribution >= 4 is 6.01 Å². The first kappa shape index (κ1) is 11.0. The van der Waals surface area contributed by atoms with Crippen molar-refractivity contribution in [3.63, 3.8) is 0 Å². The zero-order valence-electron chi connectivity index (χ0n) is 9.24. The van der Waals surface area contributed by atoms with Gasteiger partial charge in [0.1, 0.15) is 0 Å². The third-order valence-corrected chi connectivity index (χ3v) is 2.06. The van der Waals surface area contributed by atoms with Gasteiger partial charge in [0.2, 0.25) is 0 Å². The lowest BCUT2D eigenvalue weighted by molar-refractivity contribution is 0.358. The molecule has 0 aliphatic carbocycles. The van der Waals surface area contributed by atoms with E-state index in [1.54, 1.807) is 6.92 Å². The van der Waals surface area contributed by atoms with E-state index in [2.05, 4.69) is 24.0 Å². The average Bonchev–Trinajstić information content (AvgIpc) is 2.51. The molecule has 5 heteroatoms. The van der Waals surface area contributed by atoms with Crippen LogP contribution in [0.4, 0.5) is 6.01 Å². The molecule has 5 nitrogen and oxygen atoms in total. The van der Waals surface area contributed by atoms with Gasteiger partial charge in [-0.05, 0) is 18.9 Å². The molecule has 1 aromatic heterocycles. The van der Waals surface area contributed by atoms with Crippen LogP contribution in [0.25, 0.3) is 0 Å². The zero-order valence-corrected chi connectivity index (χ0v) is 9.24. The standard InChI is InChI=1S/C9H18N4O/c1-7-11-8(14-12-7)13(4)6-9(2,3)5-10/h5-6,10H2,1-4H3. The van der Waals surface area contributed by atoms with Crippen molar-refractivity contribution in [1.29, 1.82) is 0 Å². The fraction of sp³-hybridized carbons (Fsp3) is 0.778. The van der Waals surface area contributed by atoms with Gasteiger partial charge in [0.25, 0.3) is 0 Å². The van der Waals surface area contributed by atoms with Gasteiger partial charge in [0, 0.05) is 13.6 Å². The monoisotopic (exact) mass is 198 g/mol. The van der Waals surface area contributed by atoms with Crippen LogP contribution in [0.2, 0.25) is 0 Å².